The quantitative estimate of drug-likeness (QED) is 0.858. The lowest BCUT2D eigenvalue weighted by atomic mass is 9.85. The summed E-state index contributed by atoms with van der Waals surface area (Å²) in [5.74, 6) is 1.08. The molecular weight excluding hydrogens is 252 g/mol. The summed E-state index contributed by atoms with van der Waals surface area (Å²) in [6.45, 7) is 9.52. The topological polar surface area (TPSA) is 63.2 Å². The Hall–Kier alpha value is -0.980. The lowest BCUT2D eigenvalue weighted by Crippen LogP contribution is -2.60. The zero-order valence-corrected chi connectivity index (χ0v) is 12.5. The predicted molar refractivity (Wildman–Crippen MR) is 78.2 cm³/mol. The molecule has 0 amide bonds. The second kappa shape index (κ2) is 5.79. The second-order valence-corrected chi connectivity index (χ2v) is 6.13. The number of fused-ring (bicyclic) bond motifs is 1. The molecule has 0 aliphatic carbocycles. The van der Waals surface area contributed by atoms with Crippen molar-refractivity contribution in [1.82, 2.24) is 24.6 Å². The number of likely N-dealkylation sites (tertiary alicyclic amines) is 1. The molecule has 20 heavy (non-hydrogen) atoms. The zero-order chi connectivity index (χ0) is 14.0. The molecule has 2 aliphatic heterocycles. The molecule has 0 bridgehead atoms. The van der Waals surface area contributed by atoms with E-state index >= 15 is 0 Å². The van der Waals surface area contributed by atoms with Gasteiger partial charge in [0.1, 0.15) is 12.2 Å². The molecular formula is C14H26N6. The highest BCUT2D eigenvalue weighted by atomic mass is 15.3. The molecule has 2 N–H and O–H groups in total. The molecule has 0 unspecified atom stereocenters. The highest BCUT2D eigenvalue weighted by Crippen LogP contribution is 2.30. The Morgan fingerprint density at radius 3 is 2.75 bits per heavy atom. The maximum Gasteiger partial charge on any atom is 0.147 e. The van der Waals surface area contributed by atoms with Gasteiger partial charge >= 0.3 is 0 Å². The van der Waals surface area contributed by atoms with Gasteiger partial charge in [-0.15, -0.1) is 10.2 Å². The number of piperidine rings is 1. The summed E-state index contributed by atoms with van der Waals surface area (Å²) >= 11 is 0. The Morgan fingerprint density at radius 1 is 1.25 bits per heavy atom. The van der Waals surface area contributed by atoms with Crippen LogP contribution in [0.5, 0.6) is 0 Å². The average Bonchev–Trinajstić information content (AvgIpc) is 2.96. The van der Waals surface area contributed by atoms with Gasteiger partial charge in [0.15, 0.2) is 0 Å². The van der Waals surface area contributed by atoms with E-state index in [0.717, 1.165) is 32.0 Å². The van der Waals surface area contributed by atoms with E-state index in [1.165, 1.54) is 38.9 Å². The van der Waals surface area contributed by atoms with Crippen LogP contribution in [-0.4, -0.2) is 62.8 Å². The molecule has 0 radical (unpaired) electrons. The molecule has 1 aromatic heterocycles. The van der Waals surface area contributed by atoms with Crippen molar-refractivity contribution in [3.05, 3.63) is 12.2 Å². The molecule has 0 aromatic carbocycles. The van der Waals surface area contributed by atoms with E-state index in [1.54, 1.807) is 0 Å². The van der Waals surface area contributed by atoms with E-state index in [-0.39, 0.29) is 5.54 Å². The Labute approximate surface area is 120 Å². The first kappa shape index (κ1) is 14.0. The normalized spacial score (nSPS) is 23.7. The summed E-state index contributed by atoms with van der Waals surface area (Å²) in [5, 5.41) is 8.25. The number of hydrogen-bond acceptors (Lipinski definition) is 5. The first-order valence-electron chi connectivity index (χ1n) is 7.81. The van der Waals surface area contributed by atoms with E-state index in [2.05, 4.69) is 31.5 Å². The summed E-state index contributed by atoms with van der Waals surface area (Å²) in [4.78, 5) is 5.13. The molecule has 1 fully saturated rings. The minimum Gasteiger partial charge on any atom is -0.329 e. The number of hydrogen-bond donors (Lipinski definition) is 1. The maximum atomic E-state index is 6.18. The van der Waals surface area contributed by atoms with Gasteiger partial charge in [0.2, 0.25) is 0 Å². The molecule has 1 aromatic rings. The predicted octanol–water partition coefficient (Wildman–Crippen LogP) is 0.297. The largest absolute Gasteiger partial charge is 0.329 e. The summed E-state index contributed by atoms with van der Waals surface area (Å²) < 4.78 is 2.16. The van der Waals surface area contributed by atoms with Crippen LogP contribution in [0.15, 0.2) is 6.33 Å². The fraction of sp³-hybridized carbons (Fsp3) is 0.857. The first-order chi connectivity index (χ1) is 9.77. The Bertz CT molecular complexity index is 435. The average molecular weight is 278 g/mol. The van der Waals surface area contributed by atoms with Crippen LogP contribution in [-0.2, 0) is 13.1 Å². The standard InChI is InChI=1S/C14H26N6/c1-2-5-18-6-3-14(11-15,4-7-18)20-9-8-19-12-16-17-13(19)10-20/h12H,2-11,15H2,1H3. The van der Waals surface area contributed by atoms with E-state index in [0.29, 0.717) is 0 Å². The fourth-order valence-corrected chi connectivity index (χ4v) is 3.63. The lowest BCUT2D eigenvalue weighted by molar-refractivity contribution is 0.00765. The number of nitrogens with zero attached hydrogens (tertiary/aromatic N) is 5. The number of rotatable bonds is 4. The van der Waals surface area contributed by atoms with E-state index < -0.39 is 0 Å². The van der Waals surface area contributed by atoms with Crippen LogP contribution in [0, 0.1) is 0 Å². The second-order valence-electron chi connectivity index (χ2n) is 6.13. The molecule has 6 heteroatoms. The SMILES string of the molecule is CCCN1CCC(CN)(N2CCn3cnnc3C2)CC1. The lowest BCUT2D eigenvalue weighted by Gasteiger charge is -2.49. The van der Waals surface area contributed by atoms with E-state index in [4.69, 9.17) is 5.73 Å². The van der Waals surface area contributed by atoms with Crippen LogP contribution in [0.2, 0.25) is 0 Å². The van der Waals surface area contributed by atoms with Crippen molar-refractivity contribution in [1.29, 1.82) is 0 Å². The summed E-state index contributed by atoms with van der Waals surface area (Å²) in [7, 11) is 0. The van der Waals surface area contributed by atoms with Crippen LogP contribution in [0.25, 0.3) is 0 Å². The van der Waals surface area contributed by atoms with Crippen LogP contribution >= 0.6 is 0 Å². The zero-order valence-electron chi connectivity index (χ0n) is 12.5. The third kappa shape index (κ3) is 2.47. The summed E-state index contributed by atoms with van der Waals surface area (Å²) in [6.07, 6.45) is 5.43. The maximum absolute atomic E-state index is 6.18. The van der Waals surface area contributed by atoms with Crippen molar-refractivity contribution < 1.29 is 0 Å². The molecule has 3 rings (SSSR count). The van der Waals surface area contributed by atoms with Gasteiger partial charge in [-0.05, 0) is 38.9 Å². The van der Waals surface area contributed by atoms with Gasteiger partial charge in [-0.1, -0.05) is 6.92 Å². The van der Waals surface area contributed by atoms with Gasteiger partial charge in [0.25, 0.3) is 0 Å². The molecule has 6 nitrogen and oxygen atoms in total. The molecule has 3 heterocycles. The van der Waals surface area contributed by atoms with Gasteiger partial charge in [-0.25, -0.2) is 0 Å². The van der Waals surface area contributed by atoms with Crippen molar-refractivity contribution in [2.75, 3.05) is 32.7 Å². The van der Waals surface area contributed by atoms with Crippen molar-refractivity contribution in [3.8, 4) is 0 Å². The monoisotopic (exact) mass is 278 g/mol. The van der Waals surface area contributed by atoms with Crippen LogP contribution in [0.1, 0.15) is 32.0 Å². The van der Waals surface area contributed by atoms with Crippen molar-refractivity contribution >= 4 is 0 Å². The van der Waals surface area contributed by atoms with Crippen LogP contribution < -0.4 is 5.73 Å². The van der Waals surface area contributed by atoms with Crippen molar-refractivity contribution in [2.45, 2.75) is 44.8 Å². The number of aromatic nitrogens is 3. The third-order valence-electron chi connectivity index (χ3n) is 5.02. The van der Waals surface area contributed by atoms with Crippen molar-refractivity contribution in [3.63, 3.8) is 0 Å². The fourth-order valence-electron chi connectivity index (χ4n) is 3.63. The summed E-state index contributed by atoms with van der Waals surface area (Å²) in [5.41, 5.74) is 6.35. The molecule has 112 valence electrons. The van der Waals surface area contributed by atoms with E-state index in [9.17, 15) is 0 Å². The van der Waals surface area contributed by atoms with Gasteiger partial charge < -0.3 is 15.2 Å². The van der Waals surface area contributed by atoms with Gasteiger partial charge in [0.05, 0.1) is 6.54 Å². The number of nitrogens with two attached hydrogens (primary N) is 1. The van der Waals surface area contributed by atoms with Crippen LogP contribution in [0.3, 0.4) is 0 Å². The van der Waals surface area contributed by atoms with Gasteiger partial charge in [0, 0.05) is 25.2 Å². The minimum atomic E-state index is 0.168. The smallest absolute Gasteiger partial charge is 0.147 e. The highest BCUT2D eigenvalue weighted by Gasteiger charge is 2.40. The molecule has 0 saturated carbocycles. The molecule has 1 saturated heterocycles. The molecule has 0 spiro atoms. The minimum absolute atomic E-state index is 0.168. The summed E-state index contributed by atoms with van der Waals surface area (Å²) in [6, 6.07) is 0. The van der Waals surface area contributed by atoms with Gasteiger partial charge in [-0.3, -0.25) is 4.90 Å². The Kier molecular flexibility index (Phi) is 4.05. The third-order valence-corrected chi connectivity index (χ3v) is 5.02. The van der Waals surface area contributed by atoms with E-state index in [1.807, 2.05) is 6.33 Å². The van der Waals surface area contributed by atoms with Gasteiger partial charge in [-0.2, -0.15) is 0 Å². The van der Waals surface area contributed by atoms with Crippen molar-refractivity contribution in [2.24, 2.45) is 5.73 Å². The highest BCUT2D eigenvalue weighted by molar-refractivity contribution is 5.01. The Balaban J connectivity index is 1.68. The molecule has 0 atom stereocenters. The Morgan fingerprint density at radius 2 is 2.05 bits per heavy atom. The first-order valence-corrected chi connectivity index (χ1v) is 7.81. The van der Waals surface area contributed by atoms with Crippen LogP contribution in [0.4, 0.5) is 0 Å². The molecule has 2 aliphatic rings.